The van der Waals surface area contributed by atoms with E-state index in [0.717, 1.165) is 41.2 Å². The maximum atomic E-state index is 12.6. The second-order valence-electron chi connectivity index (χ2n) is 4.90. The molecule has 112 valence electrons. The minimum Gasteiger partial charge on any atom is -0.507 e. The second kappa shape index (κ2) is 4.91. The number of fused-ring (bicyclic) bond motifs is 1. The van der Waals surface area contributed by atoms with Gasteiger partial charge in [0.15, 0.2) is 0 Å². The van der Waals surface area contributed by atoms with E-state index in [9.17, 15) is 18.3 Å². The van der Waals surface area contributed by atoms with Crippen molar-refractivity contribution >= 4 is 17.6 Å². The van der Waals surface area contributed by atoms with E-state index in [0.29, 0.717) is 17.1 Å². The average Bonchev–Trinajstić information content (AvgIpc) is 2.76. The molecule has 1 aromatic carbocycles. The summed E-state index contributed by atoms with van der Waals surface area (Å²) in [4.78, 5) is 2.99. The van der Waals surface area contributed by atoms with Crippen LogP contribution in [0.2, 0.25) is 0 Å². The zero-order valence-electron chi connectivity index (χ0n) is 10.9. The largest absolute Gasteiger partial charge is 0.507 e. The Hall–Kier alpha value is -1.76. The third-order valence-corrected chi connectivity index (χ3v) is 4.57. The number of nitrogen functional groups attached to an aromatic ring is 1. The summed E-state index contributed by atoms with van der Waals surface area (Å²) in [6, 6.07) is 2.99. The first-order chi connectivity index (χ1) is 9.88. The van der Waals surface area contributed by atoms with E-state index in [4.69, 9.17) is 5.73 Å². The van der Waals surface area contributed by atoms with Gasteiger partial charge in [-0.25, -0.2) is 0 Å². The van der Waals surface area contributed by atoms with Crippen molar-refractivity contribution in [1.82, 2.24) is 4.98 Å². The molecule has 4 N–H and O–H groups in total. The first kappa shape index (κ1) is 14.2. The number of aromatic hydroxyl groups is 1. The number of halogens is 3. The van der Waals surface area contributed by atoms with Gasteiger partial charge in [-0.1, -0.05) is 0 Å². The molecule has 0 bridgehead atoms. The van der Waals surface area contributed by atoms with Crippen LogP contribution < -0.4 is 5.73 Å². The molecule has 0 amide bonds. The van der Waals surface area contributed by atoms with Crippen LogP contribution >= 0.6 is 11.8 Å². The number of alkyl halides is 3. The van der Waals surface area contributed by atoms with E-state index in [1.165, 1.54) is 6.07 Å². The lowest BCUT2D eigenvalue weighted by Crippen LogP contribution is -2.04. The van der Waals surface area contributed by atoms with Gasteiger partial charge in [0.2, 0.25) is 0 Å². The Morgan fingerprint density at radius 1 is 1.24 bits per heavy atom. The Morgan fingerprint density at radius 2 is 2.00 bits per heavy atom. The fraction of sp³-hybridized carbons (Fsp3) is 0.286. The van der Waals surface area contributed by atoms with Crippen LogP contribution in [0.5, 0.6) is 5.75 Å². The molecule has 2 aromatic rings. The maximum absolute atomic E-state index is 12.6. The first-order valence-corrected chi connectivity index (χ1v) is 7.51. The number of hydrogen-bond donors (Lipinski definition) is 3. The number of H-pyrrole nitrogens is 1. The molecule has 3 rings (SSSR count). The van der Waals surface area contributed by atoms with Crippen LogP contribution in [0.3, 0.4) is 0 Å². The number of nitrogens with two attached hydrogens (primary N) is 1. The van der Waals surface area contributed by atoms with Crippen molar-refractivity contribution in [3.05, 3.63) is 34.9 Å². The van der Waals surface area contributed by atoms with Crippen LogP contribution in [0.15, 0.2) is 18.2 Å². The number of rotatable bonds is 1. The number of aromatic amines is 1. The SMILES string of the molecule is Nc1[nH]c(-c2ccc(C(F)(F)F)cc2O)c2c1CCSC2. The van der Waals surface area contributed by atoms with Crippen LogP contribution in [-0.4, -0.2) is 15.8 Å². The Balaban J connectivity index is 2.10. The lowest BCUT2D eigenvalue weighted by atomic mass is 10.0. The molecule has 0 saturated heterocycles. The van der Waals surface area contributed by atoms with Gasteiger partial charge >= 0.3 is 6.18 Å². The van der Waals surface area contributed by atoms with Gasteiger partial charge in [-0.3, -0.25) is 0 Å². The van der Waals surface area contributed by atoms with Gasteiger partial charge in [0.1, 0.15) is 11.6 Å². The highest BCUT2D eigenvalue weighted by atomic mass is 32.2. The summed E-state index contributed by atoms with van der Waals surface area (Å²) in [6.07, 6.45) is -3.65. The Kier molecular flexibility index (Phi) is 3.32. The molecule has 0 aliphatic carbocycles. The summed E-state index contributed by atoms with van der Waals surface area (Å²) in [7, 11) is 0. The molecule has 0 spiro atoms. The van der Waals surface area contributed by atoms with Crippen molar-refractivity contribution in [1.29, 1.82) is 0 Å². The number of aromatic nitrogens is 1. The van der Waals surface area contributed by atoms with Crippen molar-refractivity contribution in [2.24, 2.45) is 0 Å². The van der Waals surface area contributed by atoms with Gasteiger partial charge in [0, 0.05) is 11.3 Å². The number of phenolic OH excluding ortho intramolecular Hbond substituents is 1. The molecule has 0 unspecified atom stereocenters. The third kappa shape index (κ3) is 2.46. The minimum atomic E-state index is -4.47. The summed E-state index contributed by atoms with van der Waals surface area (Å²) in [5, 5.41) is 9.95. The van der Waals surface area contributed by atoms with Crippen LogP contribution in [0, 0.1) is 0 Å². The quantitative estimate of drug-likeness (QED) is 0.750. The van der Waals surface area contributed by atoms with Crippen molar-refractivity contribution in [2.75, 3.05) is 11.5 Å². The van der Waals surface area contributed by atoms with E-state index in [1.807, 2.05) is 0 Å². The summed E-state index contributed by atoms with van der Waals surface area (Å²) in [5.74, 6) is 1.83. The Morgan fingerprint density at radius 3 is 2.67 bits per heavy atom. The van der Waals surface area contributed by atoms with Crippen LogP contribution in [-0.2, 0) is 18.3 Å². The van der Waals surface area contributed by atoms with E-state index < -0.39 is 17.5 Å². The van der Waals surface area contributed by atoms with E-state index in [2.05, 4.69) is 4.98 Å². The molecular weight excluding hydrogens is 301 g/mol. The number of nitrogens with one attached hydrogen (secondary N) is 1. The molecule has 1 aromatic heterocycles. The highest BCUT2D eigenvalue weighted by Gasteiger charge is 2.31. The monoisotopic (exact) mass is 314 g/mol. The molecule has 0 fully saturated rings. The molecule has 0 radical (unpaired) electrons. The van der Waals surface area contributed by atoms with Crippen molar-refractivity contribution < 1.29 is 18.3 Å². The van der Waals surface area contributed by atoms with Crippen LogP contribution in [0.4, 0.5) is 19.0 Å². The van der Waals surface area contributed by atoms with E-state index in [-0.39, 0.29) is 0 Å². The normalized spacial score (nSPS) is 15.0. The molecule has 0 saturated carbocycles. The fourth-order valence-corrected chi connectivity index (χ4v) is 3.56. The van der Waals surface area contributed by atoms with Gasteiger partial charge in [-0.05, 0) is 41.5 Å². The molecule has 7 heteroatoms. The topological polar surface area (TPSA) is 62.0 Å². The van der Waals surface area contributed by atoms with Gasteiger partial charge < -0.3 is 15.8 Å². The third-order valence-electron chi connectivity index (χ3n) is 3.59. The number of thioether (sulfide) groups is 1. The lowest BCUT2D eigenvalue weighted by Gasteiger charge is -2.14. The molecular formula is C14H13F3N2OS. The number of benzene rings is 1. The van der Waals surface area contributed by atoms with Crippen molar-refractivity contribution in [3.8, 4) is 17.0 Å². The van der Waals surface area contributed by atoms with Crippen LogP contribution in [0.1, 0.15) is 16.7 Å². The summed E-state index contributed by atoms with van der Waals surface area (Å²) in [6.45, 7) is 0. The highest BCUT2D eigenvalue weighted by Crippen LogP contribution is 2.41. The van der Waals surface area contributed by atoms with Crippen LogP contribution in [0.25, 0.3) is 11.3 Å². The molecule has 21 heavy (non-hydrogen) atoms. The highest BCUT2D eigenvalue weighted by molar-refractivity contribution is 7.98. The average molecular weight is 314 g/mol. The minimum absolute atomic E-state index is 0.346. The van der Waals surface area contributed by atoms with E-state index in [1.54, 1.807) is 11.8 Å². The van der Waals surface area contributed by atoms with Gasteiger partial charge in [0.05, 0.1) is 11.3 Å². The lowest BCUT2D eigenvalue weighted by molar-refractivity contribution is -0.137. The first-order valence-electron chi connectivity index (χ1n) is 6.35. The fourth-order valence-electron chi connectivity index (χ4n) is 2.54. The molecule has 2 heterocycles. The predicted octanol–water partition coefficient (Wildman–Crippen LogP) is 3.78. The number of anilines is 1. The standard InChI is InChI=1S/C14H13F3N2OS/c15-14(16,17)7-1-2-9(11(20)5-7)12-10-6-21-4-3-8(10)13(18)19-12/h1-2,5,19-20H,3-4,6,18H2. The van der Waals surface area contributed by atoms with Gasteiger partial charge in [0.25, 0.3) is 0 Å². The summed E-state index contributed by atoms with van der Waals surface area (Å²) < 4.78 is 37.9. The zero-order chi connectivity index (χ0) is 15.2. The number of hydrogen-bond acceptors (Lipinski definition) is 3. The zero-order valence-corrected chi connectivity index (χ0v) is 11.7. The molecule has 1 aliphatic heterocycles. The van der Waals surface area contributed by atoms with Gasteiger partial charge in [-0.15, -0.1) is 0 Å². The maximum Gasteiger partial charge on any atom is 0.416 e. The summed E-state index contributed by atoms with van der Waals surface area (Å²) >= 11 is 1.74. The smallest absolute Gasteiger partial charge is 0.416 e. The van der Waals surface area contributed by atoms with E-state index >= 15 is 0 Å². The van der Waals surface area contributed by atoms with Gasteiger partial charge in [-0.2, -0.15) is 24.9 Å². The predicted molar refractivity (Wildman–Crippen MR) is 77.2 cm³/mol. The molecule has 3 nitrogen and oxygen atoms in total. The Bertz CT molecular complexity index is 694. The molecule has 0 atom stereocenters. The summed E-state index contributed by atoms with van der Waals surface area (Å²) in [5.41, 5.74) is 7.99. The molecule has 1 aliphatic rings. The number of phenols is 1. The van der Waals surface area contributed by atoms with Crippen molar-refractivity contribution in [2.45, 2.75) is 18.3 Å². The second-order valence-corrected chi connectivity index (χ2v) is 6.01. The van der Waals surface area contributed by atoms with Crippen molar-refractivity contribution in [3.63, 3.8) is 0 Å². The Labute approximate surface area is 123 Å².